The Balaban J connectivity index is 0.00000128. The highest BCUT2D eigenvalue weighted by atomic mass is 35.5. The van der Waals surface area contributed by atoms with Crippen molar-refractivity contribution >= 4 is 18.1 Å². The van der Waals surface area contributed by atoms with Gasteiger partial charge in [0.1, 0.15) is 0 Å². The van der Waals surface area contributed by atoms with E-state index >= 15 is 0 Å². The summed E-state index contributed by atoms with van der Waals surface area (Å²) in [5, 5.41) is 0. The lowest BCUT2D eigenvalue weighted by atomic mass is 9.93. The number of nitrogens with two attached hydrogens (primary N) is 1. The van der Waals surface area contributed by atoms with E-state index < -0.39 is 0 Å². The van der Waals surface area contributed by atoms with Gasteiger partial charge in [0, 0.05) is 18.8 Å². The molecule has 0 unspecified atom stereocenters. The van der Waals surface area contributed by atoms with Gasteiger partial charge in [0.15, 0.2) is 0 Å². The molecule has 90 valence electrons. The lowest BCUT2D eigenvalue weighted by molar-refractivity contribution is 0.284. The molecule has 1 aromatic carbocycles. The molecule has 3 heteroatoms. The molecule has 0 spiro atoms. The summed E-state index contributed by atoms with van der Waals surface area (Å²) in [6.07, 6.45) is 1.30. The third-order valence-electron chi connectivity index (χ3n) is 3.11. The Bertz CT molecular complexity index is 350. The van der Waals surface area contributed by atoms with Gasteiger partial charge in [-0.2, -0.15) is 0 Å². The second-order valence-electron chi connectivity index (χ2n) is 5.37. The lowest BCUT2D eigenvalue weighted by Gasteiger charge is -2.19. The van der Waals surface area contributed by atoms with E-state index in [1.165, 1.54) is 25.1 Å². The van der Waals surface area contributed by atoms with Gasteiger partial charge < -0.3 is 5.73 Å². The Labute approximate surface area is 104 Å². The normalized spacial score (nSPS) is 19.4. The van der Waals surface area contributed by atoms with Crippen molar-refractivity contribution in [3.63, 3.8) is 0 Å². The molecular formula is C13H21ClN2. The van der Waals surface area contributed by atoms with Crippen LogP contribution in [0.2, 0.25) is 0 Å². The largest absolute Gasteiger partial charge is 0.399 e. The van der Waals surface area contributed by atoms with E-state index in [4.69, 9.17) is 5.73 Å². The number of benzene rings is 1. The third kappa shape index (κ3) is 3.39. The Morgan fingerprint density at radius 2 is 2.12 bits per heavy atom. The first-order valence-electron chi connectivity index (χ1n) is 5.62. The Morgan fingerprint density at radius 1 is 1.38 bits per heavy atom. The Morgan fingerprint density at radius 3 is 2.69 bits per heavy atom. The maximum atomic E-state index is 5.77. The molecule has 1 aliphatic heterocycles. The van der Waals surface area contributed by atoms with Gasteiger partial charge in [0.2, 0.25) is 0 Å². The molecule has 1 saturated heterocycles. The molecule has 0 aromatic heterocycles. The minimum Gasteiger partial charge on any atom is -0.399 e. The minimum atomic E-state index is 0. The van der Waals surface area contributed by atoms with Crippen molar-refractivity contribution < 1.29 is 0 Å². The van der Waals surface area contributed by atoms with Crippen molar-refractivity contribution in [1.82, 2.24) is 4.90 Å². The highest BCUT2D eigenvalue weighted by molar-refractivity contribution is 5.85. The van der Waals surface area contributed by atoms with Crippen LogP contribution in [0.25, 0.3) is 0 Å². The van der Waals surface area contributed by atoms with Crippen LogP contribution in [-0.4, -0.2) is 18.0 Å². The fourth-order valence-electron chi connectivity index (χ4n) is 2.31. The monoisotopic (exact) mass is 240 g/mol. The summed E-state index contributed by atoms with van der Waals surface area (Å²) in [5.41, 5.74) is 8.45. The topological polar surface area (TPSA) is 29.3 Å². The van der Waals surface area contributed by atoms with Crippen LogP contribution in [0, 0.1) is 5.41 Å². The summed E-state index contributed by atoms with van der Waals surface area (Å²) in [6, 6.07) is 8.20. The summed E-state index contributed by atoms with van der Waals surface area (Å²) >= 11 is 0. The third-order valence-corrected chi connectivity index (χ3v) is 3.11. The van der Waals surface area contributed by atoms with Crippen molar-refractivity contribution in [1.29, 1.82) is 0 Å². The Hall–Kier alpha value is -0.730. The van der Waals surface area contributed by atoms with Gasteiger partial charge in [0.25, 0.3) is 0 Å². The lowest BCUT2D eigenvalue weighted by Crippen LogP contribution is -2.22. The number of anilines is 1. The Kier molecular flexibility index (Phi) is 4.22. The molecule has 0 radical (unpaired) electrons. The van der Waals surface area contributed by atoms with Crippen LogP contribution in [0.5, 0.6) is 0 Å². The molecule has 1 heterocycles. The average molecular weight is 241 g/mol. The second kappa shape index (κ2) is 5.07. The molecule has 0 saturated carbocycles. The summed E-state index contributed by atoms with van der Waals surface area (Å²) in [6.45, 7) is 8.12. The molecule has 1 aromatic rings. The van der Waals surface area contributed by atoms with Crippen LogP contribution in [-0.2, 0) is 6.54 Å². The second-order valence-corrected chi connectivity index (χ2v) is 5.37. The van der Waals surface area contributed by atoms with Gasteiger partial charge in [-0.05, 0) is 36.1 Å². The average Bonchev–Trinajstić information content (AvgIpc) is 2.45. The summed E-state index contributed by atoms with van der Waals surface area (Å²) < 4.78 is 0. The van der Waals surface area contributed by atoms with Crippen molar-refractivity contribution in [2.45, 2.75) is 26.8 Å². The number of nitrogen functional groups attached to an aromatic ring is 1. The van der Waals surface area contributed by atoms with Crippen LogP contribution in [0.1, 0.15) is 25.8 Å². The van der Waals surface area contributed by atoms with Crippen molar-refractivity contribution in [3.05, 3.63) is 29.8 Å². The molecule has 1 fully saturated rings. The van der Waals surface area contributed by atoms with Gasteiger partial charge in [-0.3, -0.25) is 4.90 Å². The summed E-state index contributed by atoms with van der Waals surface area (Å²) in [7, 11) is 0. The number of nitrogens with zero attached hydrogens (tertiary/aromatic N) is 1. The SMILES string of the molecule is CC1(C)CCN(Cc2cccc(N)c2)C1.Cl. The van der Waals surface area contributed by atoms with Crippen molar-refractivity contribution in [2.24, 2.45) is 5.41 Å². The smallest absolute Gasteiger partial charge is 0.0317 e. The van der Waals surface area contributed by atoms with E-state index in [-0.39, 0.29) is 12.4 Å². The molecule has 2 N–H and O–H groups in total. The van der Waals surface area contributed by atoms with E-state index in [2.05, 4.69) is 30.9 Å². The molecule has 0 atom stereocenters. The van der Waals surface area contributed by atoms with Crippen molar-refractivity contribution in [2.75, 3.05) is 18.8 Å². The van der Waals surface area contributed by atoms with E-state index in [0.717, 1.165) is 12.2 Å². The number of hydrogen-bond acceptors (Lipinski definition) is 2. The van der Waals surface area contributed by atoms with Gasteiger partial charge in [-0.25, -0.2) is 0 Å². The molecule has 0 amide bonds. The molecule has 2 rings (SSSR count). The fraction of sp³-hybridized carbons (Fsp3) is 0.538. The first-order chi connectivity index (χ1) is 7.05. The van der Waals surface area contributed by atoms with Crippen LogP contribution in [0.4, 0.5) is 5.69 Å². The zero-order valence-corrected chi connectivity index (χ0v) is 10.9. The first kappa shape index (κ1) is 13.3. The van der Waals surface area contributed by atoms with Crippen LogP contribution < -0.4 is 5.73 Å². The maximum absolute atomic E-state index is 5.77. The van der Waals surface area contributed by atoms with E-state index in [0.29, 0.717) is 5.41 Å². The van der Waals surface area contributed by atoms with Crippen molar-refractivity contribution in [3.8, 4) is 0 Å². The number of likely N-dealkylation sites (tertiary alicyclic amines) is 1. The highest BCUT2D eigenvalue weighted by Crippen LogP contribution is 2.29. The standard InChI is InChI=1S/C13H20N2.ClH/c1-13(2)6-7-15(10-13)9-11-4-3-5-12(14)8-11;/h3-5,8H,6-7,9-10,14H2,1-2H3;1H. The minimum absolute atomic E-state index is 0. The quantitative estimate of drug-likeness (QED) is 0.806. The van der Waals surface area contributed by atoms with Crippen LogP contribution >= 0.6 is 12.4 Å². The summed E-state index contributed by atoms with van der Waals surface area (Å²) in [5.74, 6) is 0. The molecule has 0 aliphatic carbocycles. The predicted molar refractivity (Wildman–Crippen MR) is 71.8 cm³/mol. The zero-order valence-electron chi connectivity index (χ0n) is 10.1. The zero-order chi connectivity index (χ0) is 10.9. The van der Waals surface area contributed by atoms with Gasteiger partial charge in [0.05, 0.1) is 0 Å². The first-order valence-corrected chi connectivity index (χ1v) is 5.62. The highest BCUT2D eigenvalue weighted by Gasteiger charge is 2.28. The predicted octanol–water partition coefficient (Wildman–Crippen LogP) is 2.92. The number of halogens is 1. The number of hydrogen-bond donors (Lipinski definition) is 1. The van der Waals surface area contributed by atoms with E-state index in [1.807, 2.05) is 12.1 Å². The molecule has 16 heavy (non-hydrogen) atoms. The fourth-order valence-corrected chi connectivity index (χ4v) is 2.31. The maximum Gasteiger partial charge on any atom is 0.0317 e. The summed E-state index contributed by atoms with van der Waals surface area (Å²) in [4.78, 5) is 2.51. The van der Waals surface area contributed by atoms with Gasteiger partial charge in [-0.1, -0.05) is 26.0 Å². The van der Waals surface area contributed by atoms with E-state index in [1.54, 1.807) is 0 Å². The molecule has 0 bridgehead atoms. The van der Waals surface area contributed by atoms with E-state index in [9.17, 15) is 0 Å². The van der Waals surface area contributed by atoms with Gasteiger partial charge in [-0.15, -0.1) is 12.4 Å². The molecular weight excluding hydrogens is 220 g/mol. The molecule has 2 nitrogen and oxygen atoms in total. The van der Waals surface area contributed by atoms with Crippen LogP contribution in [0.15, 0.2) is 24.3 Å². The van der Waals surface area contributed by atoms with Crippen LogP contribution in [0.3, 0.4) is 0 Å². The number of rotatable bonds is 2. The van der Waals surface area contributed by atoms with Gasteiger partial charge >= 0.3 is 0 Å². The molecule has 1 aliphatic rings.